The highest BCUT2D eigenvalue weighted by Gasteiger charge is 1.99. The van der Waals surface area contributed by atoms with Gasteiger partial charge in [0.05, 0.1) is 6.10 Å². The van der Waals surface area contributed by atoms with Crippen molar-refractivity contribution in [3.05, 3.63) is 52.2 Å². The molecule has 1 aromatic carbocycles. The second kappa shape index (κ2) is 6.57. The Morgan fingerprint density at radius 1 is 1.17 bits per heavy atom. The summed E-state index contributed by atoms with van der Waals surface area (Å²) < 4.78 is 5.68. The predicted octanol–water partition coefficient (Wildman–Crippen LogP) is 3.83. The first-order valence-corrected chi connectivity index (χ1v) is 7.16. The molecule has 18 heavy (non-hydrogen) atoms. The fraction of sp³-hybridized carbons (Fsp3) is 0.333. The average Bonchev–Trinajstić information content (AvgIpc) is 2.82. The number of thiophene rings is 1. The van der Waals surface area contributed by atoms with Crippen molar-refractivity contribution in [1.82, 2.24) is 5.32 Å². The van der Waals surface area contributed by atoms with Crippen LogP contribution in [0.15, 0.2) is 41.1 Å². The van der Waals surface area contributed by atoms with Crippen LogP contribution in [0.1, 0.15) is 25.0 Å². The van der Waals surface area contributed by atoms with Crippen molar-refractivity contribution in [2.75, 3.05) is 0 Å². The van der Waals surface area contributed by atoms with Gasteiger partial charge in [0.15, 0.2) is 0 Å². The van der Waals surface area contributed by atoms with Crippen molar-refractivity contribution in [3.63, 3.8) is 0 Å². The Morgan fingerprint density at radius 3 is 2.72 bits per heavy atom. The molecule has 0 aliphatic rings. The third-order valence-corrected chi connectivity index (χ3v) is 3.24. The lowest BCUT2D eigenvalue weighted by Gasteiger charge is -2.11. The highest BCUT2D eigenvalue weighted by Crippen LogP contribution is 2.15. The Balaban J connectivity index is 1.85. The highest BCUT2D eigenvalue weighted by molar-refractivity contribution is 7.07. The Morgan fingerprint density at radius 2 is 2.00 bits per heavy atom. The fourth-order valence-corrected chi connectivity index (χ4v) is 2.41. The minimum atomic E-state index is 0.221. The number of nitrogens with one attached hydrogen (secondary N) is 1. The van der Waals surface area contributed by atoms with Crippen molar-refractivity contribution >= 4 is 11.3 Å². The molecule has 1 N–H and O–H groups in total. The number of hydrogen-bond donors (Lipinski definition) is 1. The summed E-state index contributed by atoms with van der Waals surface area (Å²) in [5.41, 5.74) is 2.60. The molecule has 0 radical (unpaired) electrons. The van der Waals surface area contributed by atoms with E-state index in [-0.39, 0.29) is 6.10 Å². The fourth-order valence-electron chi connectivity index (χ4n) is 1.75. The summed E-state index contributed by atoms with van der Waals surface area (Å²) >= 11 is 1.74. The van der Waals surface area contributed by atoms with E-state index >= 15 is 0 Å². The van der Waals surface area contributed by atoms with Gasteiger partial charge in [-0.25, -0.2) is 0 Å². The summed E-state index contributed by atoms with van der Waals surface area (Å²) in [5.74, 6) is 0.944. The van der Waals surface area contributed by atoms with Gasteiger partial charge in [0, 0.05) is 13.1 Å². The highest BCUT2D eigenvalue weighted by atomic mass is 32.1. The van der Waals surface area contributed by atoms with Gasteiger partial charge in [-0.3, -0.25) is 0 Å². The molecule has 0 fully saturated rings. The van der Waals surface area contributed by atoms with E-state index in [0.29, 0.717) is 0 Å². The van der Waals surface area contributed by atoms with Crippen LogP contribution in [-0.4, -0.2) is 6.10 Å². The molecule has 0 saturated heterocycles. The zero-order valence-electron chi connectivity index (χ0n) is 10.8. The maximum Gasteiger partial charge on any atom is 0.120 e. The van der Waals surface area contributed by atoms with Gasteiger partial charge in [0.2, 0.25) is 0 Å². The summed E-state index contributed by atoms with van der Waals surface area (Å²) in [5, 5.41) is 7.71. The quantitative estimate of drug-likeness (QED) is 0.853. The van der Waals surface area contributed by atoms with E-state index in [1.165, 1.54) is 11.1 Å². The second-order valence-corrected chi connectivity index (χ2v) is 5.33. The van der Waals surface area contributed by atoms with Gasteiger partial charge in [0.1, 0.15) is 5.75 Å². The molecule has 1 heterocycles. The van der Waals surface area contributed by atoms with Gasteiger partial charge in [-0.1, -0.05) is 12.1 Å². The van der Waals surface area contributed by atoms with Crippen molar-refractivity contribution < 1.29 is 4.74 Å². The van der Waals surface area contributed by atoms with Crippen LogP contribution in [0.25, 0.3) is 0 Å². The zero-order valence-corrected chi connectivity index (χ0v) is 11.7. The summed E-state index contributed by atoms with van der Waals surface area (Å²) in [6.45, 7) is 5.87. The van der Waals surface area contributed by atoms with Crippen LogP contribution in [-0.2, 0) is 13.1 Å². The first-order chi connectivity index (χ1) is 8.74. The molecule has 0 aliphatic carbocycles. The van der Waals surface area contributed by atoms with Gasteiger partial charge >= 0.3 is 0 Å². The standard InChI is InChI=1S/C15H19NOS/c1-12(2)17-15-5-3-4-13(8-15)9-16-10-14-6-7-18-11-14/h3-8,11-12,16H,9-10H2,1-2H3. The molecule has 96 valence electrons. The molecule has 2 nitrogen and oxygen atoms in total. The number of rotatable bonds is 6. The molecule has 2 aromatic rings. The molecule has 2 rings (SSSR count). The molecule has 0 aliphatic heterocycles. The molecule has 0 atom stereocenters. The van der Waals surface area contributed by atoms with Crippen LogP contribution in [0.3, 0.4) is 0 Å². The average molecular weight is 261 g/mol. The second-order valence-electron chi connectivity index (χ2n) is 4.55. The van der Waals surface area contributed by atoms with E-state index < -0.39 is 0 Å². The Hall–Kier alpha value is -1.32. The first kappa shape index (κ1) is 13.1. The molecule has 0 saturated carbocycles. The third-order valence-electron chi connectivity index (χ3n) is 2.51. The molecule has 0 bridgehead atoms. The van der Waals surface area contributed by atoms with Gasteiger partial charge in [-0.15, -0.1) is 0 Å². The van der Waals surface area contributed by atoms with Crippen molar-refractivity contribution in [2.24, 2.45) is 0 Å². The molecule has 0 spiro atoms. The van der Waals surface area contributed by atoms with Crippen LogP contribution in [0, 0.1) is 0 Å². The number of benzene rings is 1. The SMILES string of the molecule is CC(C)Oc1cccc(CNCc2ccsc2)c1. The summed E-state index contributed by atoms with van der Waals surface area (Å²) in [6.07, 6.45) is 0.221. The van der Waals surface area contributed by atoms with Gasteiger partial charge in [-0.05, 0) is 53.9 Å². The van der Waals surface area contributed by atoms with E-state index in [0.717, 1.165) is 18.8 Å². The monoisotopic (exact) mass is 261 g/mol. The molecular weight excluding hydrogens is 242 g/mol. The lowest BCUT2D eigenvalue weighted by molar-refractivity contribution is 0.242. The Labute approximate surface area is 113 Å². The van der Waals surface area contributed by atoms with E-state index in [4.69, 9.17) is 4.74 Å². The van der Waals surface area contributed by atoms with Crippen LogP contribution >= 0.6 is 11.3 Å². The minimum absolute atomic E-state index is 0.221. The van der Waals surface area contributed by atoms with Crippen molar-refractivity contribution in [2.45, 2.75) is 33.0 Å². The lowest BCUT2D eigenvalue weighted by Crippen LogP contribution is -2.12. The van der Waals surface area contributed by atoms with E-state index in [2.05, 4.69) is 34.3 Å². The van der Waals surface area contributed by atoms with Gasteiger partial charge < -0.3 is 10.1 Å². The Kier molecular flexibility index (Phi) is 4.79. The van der Waals surface area contributed by atoms with Crippen LogP contribution in [0.5, 0.6) is 5.75 Å². The van der Waals surface area contributed by atoms with Gasteiger partial charge in [-0.2, -0.15) is 11.3 Å². The van der Waals surface area contributed by atoms with Gasteiger partial charge in [0.25, 0.3) is 0 Å². The zero-order chi connectivity index (χ0) is 12.8. The predicted molar refractivity (Wildman–Crippen MR) is 77.1 cm³/mol. The molecule has 0 unspecified atom stereocenters. The van der Waals surface area contributed by atoms with Crippen LogP contribution in [0.4, 0.5) is 0 Å². The summed E-state index contributed by atoms with van der Waals surface area (Å²) in [4.78, 5) is 0. The first-order valence-electron chi connectivity index (χ1n) is 6.21. The smallest absolute Gasteiger partial charge is 0.120 e. The summed E-state index contributed by atoms with van der Waals surface area (Å²) in [6, 6.07) is 10.4. The number of hydrogen-bond acceptors (Lipinski definition) is 3. The number of ether oxygens (including phenoxy) is 1. The van der Waals surface area contributed by atoms with Crippen LogP contribution in [0.2, 0.25) is 0 Å². The van der Waals surface area contributed by atoms with E-state index in [9.17, 15) is 0 Å². The lowest BCUT2D eigenvalue weighted by atomic mass is 10.2. The molecule has 0 amide bonds. The molecule has 3 heteroatoms. The normalized spacial score (nSPS) is 10.8. The topological polar surface area (TPSA) is 21.3 Å². The minimum Gasteiger partial charge on any atom is -0.491 e. The van der Waals surface area contributed by atoms with Crippen molar-refractivity contribution in [1.29, 1.82) is 0 Å². The summed E-state index contributed by atoms with van der Waals surface area (Å²) in [7, 11) is 0. The molecular formula is C15H19NOS. The Bertz CT molecular complexity index is 465. The van der Waals surface area contributed by atoms with E-state index in [1.54, 1.807) is 11.3 Å². The molecule has 1 aromatic heterocycles. The maximum atomic E-state index is 5.68. The van der Waals surface area contributed by atoms with Crippen LogP contribution < -0.4 is 10.1 Å². The maximum absolute atomic E-state index is 5.68. The van der Waals surface area contributed by atoms with E-state index in [1.807, 2.05) is 26.0 Å². The van der Waals surface area contributed by atoms with Crippen molar-refractivity contribution in [3.8, 4) is 5.75 Å². The third kappa shape index (κ3) is 4.17. The largest absolute Gasteiger partial charge is 0.491 e.